The Morgan fingerprint density at radius 2 is 1.90 bits per heavy atom. The Morgan fingerprint density at radius 3 is 2.52 bits per heavy atom. The molecular formula is C17H18ClNO2. The molecule has 0 aromatic heterocycles. The van der Waals surface area contributed by atoms with Crippen molar-refractivity contribution in [3.05, 3.63) is 58.6 Å². The van der Waals surface area contributed by atoms with Gasteiger partial charge in [0.1, 0.15) is 5.75 Å². The highest BCUT2D eigenvalue weighted by Crippen LogP contribution is 2.21. The summed E-state index contributed by atoms with van der Waals surface area (Å²) in [5, 5.41) is 3.53. The molecule has 21 heavy (non-hydrogen) atoms. The fraction of sp³-hybridized carbons (Fsp3) is 0.235. The number of carbonyl (C=O) groups is 1. The number of carbonyl (C=O) groups excluding carboxylic acids is 1. The zero-order valence-corrected chi connectivity index (χ0v) is 12.9. The molecule has 0 atom stereocenters. The molecule has 0 heterocycles. The van der Waals surface area contributed by atoms with Gasteiger partial charge in [-0.1, -0.05) is 18.5 Å². The van der Waals surface area contributed by atoms with Gasteiger partial charge in [-0.05, 0) is 61.4 Å². The molecule has 0 unspecified atom stereocenters. The highest BCUT2D eigenvalue weighted by Gasteiger charge is 2.08. The van der Waals surface area contributed by atoms with Crippen LogP contribution < -0.4 is 10.1 Å². The van der Waals surface area contributed by atoms with Gasteiger partial charge in [0.05, 0.1) is 6.61 Å². The molecule has 0 radical (unpaired) electrons. The smallest absolute Gasteiger partial charge is 0.255 e. The van der Waals surface area contributed by atoms with Gasteiger partial charge in [-0.25, -0.2) is 0 Å². The zero-order chi connectivity index (χ0) is 15.2. The average molecular weight is 304 g/mol. The lowest BCUT2D eigenvalue weighted by Crippen LogP contribution is -2.12. The van der Waals surface area contributed by atoms with E-state index in [1.165, 1.54) is 0 Å². The van der Waals surface area contributed by atoms with E-state index >= 15 is 0 Å². The topological polar surface area (TPSA) is 38.3 Å². The third kappa shape index (κ3) is 4.23. The first-order chi connectivity index (χ1) is 10.1. The highest BCUT2D eigenvalue weighted by atomic mass is 35.5. The molecule has 0 aliphatic heterocycles. The van der Waals surface area contributed by atoms with Crippen molar-refractivity contribution in [3.63, 3.8) is 0 Å². The van der Waals surface area contributed by atoms with Gasteiger partial charge in [-0.15, -0.1) is 0 Å². The van der Waals surface area contributed by atoms with Gasteiger partial charge >= 0.3 is 0 Å². The van der Waals surface area contributed by atoms with Crippen LogP contribution in [-0.4, -0.2) is 12.5 Å². The standard InChI is InChI=1S/C17H18ClNO2/c1-3-10-21-15-7-4-13(5-8-15)17(20)19-16-9-6-14(18)11-12(16)2/h4-9,11H,3,10H2,1-2H3,(H,19,20). The van der Waals surface area contributed by atoms with Crippen molar-refractivity contribution in [1.82, 2.24) is 0 Å². The van der Waals surface area contributed by atoms with Crippen molar-refractivity contribution in [2.45, 2.75) is 20.3 Å². The maximum atomic E-state index is 12.2. The number of halogens is 1. The van der Waals surface area contributed by atoms with Crippen LogP contribution in [0.4, 0.5) is 5.69 Å². The molecule has 0 bridgehead atoms. The van der Waals surface area contributed by atoms with Crippen LogP contribution in [0.25, 0.3) is 0 Å². The van der Waals surface area contributed by atoms with Crippen LogP contribution in [0.5, 0.6) is 5.75 Å². The van der Waals surface area contributed by atoms with Gasteiger partial charge in [0.25, 0.3) is 5.91 Å². The molecule has 0 spiro atoms. The van der Waals surface area contributed by atoms with Gasteiger partial charge < -0.3 is 10.1 Å². The summed E-state index contributed by atoms with van der Waals surface area (Å²) in [5.41, 5.74) is 2.28. The summed E-state index contributed by atoms with van der Waals surface area (Å²) >= 11 is 5.90. The zero-order valence-electron chi connectivity index (χ0n) is 12.2. The summed E-state index contributed by atoms with van der Waals surface area (Å²) in [6, 6.07) is 12.5. The maximum absolute atomic E-state index is 12.2. The second kappa shape index (κ2) is 7.14. The molecule has 0 saturated carbocycles. The molecule has 1 N–H and O–H groups in total. The summed E-state index contributed by atoms with van der Waals surface area (Å²) in [4.78, 5) is 12.2. The van der Waals surface area contributed by atoms with E-state index in [-0.39, 0.29) is 5.91 Å². The molecule has 0 fully saturated rings. The van der Waals surface area contributed by atoms with Crippen LogP contribution in [0.3, 0.4) is 0 Å². The third-order valence-corrected chi connectivity index (χ3v) is 3.26. The molecule has 3 nitrogen and oxygen atoms in total. The van der Waals surface area contributed by atoms with E-state index in [0.717, 1.165) is 23.4 Å². The molecule has 110 valence electrons. The van der Waals surface area contributed by atoms with E-state index in [1.807, 2.05) is 13.0 Å². The first-order valence-electron chi connectivity index (χ1n) is 6.90. The summed E-state index contributed by atoms with van der Waals surface area (Å²) in [7, 11) is 0. The Balaban J connectivity index is 2.06. The fourth-order valence-corrected chi connectivity index (χ4v) is 2.11. The second-order valence-corrected chi connectivity index (χ2v) is 5.22. The van der Waals surface area contributed by atoms with E-state index < -0.39 is 0 Å². The number of hydrogen-bond donors (Lipinski definition) is 1. The van der Waals surface area contributed by atoms with E-state index in [4.69, 9.17) is 16.3 Å². The van der Waals surface area contributed by atoms with E-state index in [9.17, 15) is 4.79 Å². The maximum Gasteiger partial charge on any atom is 0.255 e. The summed E-state index contributed by atoms with van der Waals surface area (Å²) < 4.78 is 5.49. The number of rotatable bonds is 5. The van der Waals surface area contributed by atoms with Crippen molar-refractivity contribution < 1.29 is 9.53 Å². The molecule has 2 rings (SSSR count). The van der Waals surface area contributed by atoms with E-state index in [2.05, 4.69) is 12.2 Å². The number of ether oxygens (including phenoxy) is 1. The van der Waals surface area contributed by atoms with Crippen molar-refractivity contribution in [3.8, 4) is 5.75 Å². The lowest BCUT2D eigenvalue weighted by Gasteiger charge is -2.09. The Labute approximate surface area is 129 Å². The lowest BCUT2D eigenvalue weighted by atomic mass is 10.1. The van der Waals surface area contributed by atoms with Crippen LogP contribution in [-0.2, 0) is 0 Å². The minimum absolute atomic E-state index is 0.150. The van der Waals surface area contributed by atoms with Crippen LogP contribution in [0.2, 0.25) is 5.02 Å². The number of hydrogen-bond acceptors (Lipinski definition) is 2. The van der Waals surface area contributed by atoms with Gasteiger partial charge in [-0.3, -0.25) is 4.79 Å². The number of aryl methyl sites for hydroxylation is 1. The molecule has 4 heteroatoms. The molecule has 1 amide bonds. The van der Waals surface area contributed by atoms with Gasteiger partial charge in [0.2, 0.25) is 0 Å². The number of amides is 1. The van der Waals surface area contributed by atoms with E-state index in [1.54, 1.807) is 36.4 Å². The normalized spacial score (nSPS) is 10.2. The predicted molar refractivity (Wildman–Crippen MR) is 86.4 cm³/mol. The summed E-state index contributed by atoms with van der Waals surface area (Å²) in [5.74, 6) is 0.624. The number of nitrogens with one attached hydrogen (secondary N) is 1. The lowest BCUT2D eigenvalue weighted by molar-refractivity contribution is 0.102. The Morgan fingerprint density at radius 1 is 1.19 bits per heavy atom. The van der Waals surface area contributed by atoms with Gasteiger partial charge in [-0.2, -0.15) is 0 Å². The van der Waals surface area contributed by atoms with Crippen LogP contribution >= 0.6 is 11.6 Å². The predicted octanol–water partition coefficient (Wildman–Crippen LogP) is 4.69. The Bertz CT molecular complexity index is 623. The largest absolute Gasteiger partial charge is 0.494 e. The van der Waals surface area contributed by atoms with Gasteiger partial charge in [0, 0.05) is 16.3 Å². The monoisotopic (exact) mass is 303 g/mol. The molecule has 0 aliphatic rings. The molecule has 2 aromatic carbocycles. The first-order valence-corrected chi connectivity index (χ1v) is 7.28. The Hall–Kier alpha value is -2.00. The SMILES string of the molecule is CCCOc1ccc(C(=O)Nc2ccc(Cl)cc2C)cc1. The van der Waals surface area contributed by atoms with Crippen molar-refractivity contribution in [1.29, 1.82) is 0 Å². The minimum Gasteiger partial charge on any atom is -0.494 e. The number of anilines is 1. The number of benzene rings is 2. The summed E-state index contributed by atoms with van der Waals surface area (Å²) in [6.45, 7) is 4.63. The van der Waals surface area contributed by atoms with Gasteiger partial charge in [0.15, 0.2) is 0 Å². The van der Waals surface area contributed by atoms with Crippen LogP contribution in [0.15, 0.2) is 42.5 Å². The average Bonchev–Trinajstić information content (AvgIpc) is 2.48. The fourth-order valence-electron chi connectivity index (χ4n) is 1.88. The Kier molecular flexibility index (Phi) is 5.23. The second-order valence-electron chi connectivity index (χ2n) is 4.79. The van der Waals surface area contributed by atoms with Crippen molar-refractivity contribution in [2.75, 3.05) is 11.9 Å². The quantitative estimate of drug-likeness (QED) is 0.870. The molecule has 0 saturated heterocycles. The van der Waals surface area contributed by atoms with Crippen LogP contribution in [0.1, 0.15) is 29.3 Å². The molecule has 0 aliphatic carbocycles. The molecular weight excluding hydrogens is 286 g/mol. The van der Waals surface area contributed by atoms with Crippen LogP contribution in [0, 0.1) is 6.92 Å². The summed E-state index contributed by atoms with van der Waals surface area (Å²) in [6.07, 6.45) is 0.956. The highest BCUT2D eigenvalue weighted by molar-refractivity contribution is 6.30. The third-order valence-electron chi connectivity index (χ3n) is 3.03. The van der Waals surface area contributed by atoms with Crippen molar-refractivity contribution in [2.24, 2.45) is 0 Å². The minimum atomic E-state index is -0.150. The van der Waals surface area contributed by atoms with E-state index in [0.29, 0.717) is 17.2 Å². The molecule has 2 aromatic rings. The van der Waals surface area contributed by atoms with Crippen molar-refractivity contribution >= 4 is 23.2 Å². The first kappa shape index (κ1) is 15.4.